The van der Waals surface area contributed by atoms with Gasteiger partial charge < -0.3 is 0 Å². The van der Waals surface area contributed by atoms with Crippen LogP contribution in [-0.2, 0) is 38.9 Å². The topological polar surface area (TPSA) is 147 Å². The molecule has 3 aromatic carbocycles. The van der Waals surface area contributed by atoms with Gasteiger partial charge in [-0.25, -0.2) is 43.1 Å². The highest BCUT2D eigenvalue weighted by Crippen LogP contribution is 2.35. The fourth-order valence-corrected chi connectivity index (χ4v) is 11.0. The first-order valence-corrected chi connectivity index (χ1v) is 27.1. The number of benzene rings is 3. The number of hydrogen-bond donors (Lipinski definition) is 0. The molecule has 4 aliphatic rings. The van der Waals surface area contributed by atoms with E-state index in [1.54, 1.807) is 73.6 Å². The molecule has 13 nitrogen and oxygen atoms in total. The summed E-state index contributed by atoms with van der Waals surface area (Å²) >= 11 is 6.41. The zero-order valence-corrected chi connectivity index (χ0v) is 45.8. The number of alkyl halides is 2. The van der Waals surface area contributed by atoms with Gasteiger partial charge in [-0.15, -0.1) is 0 Å². The van der Waals surface area contributed by atoms with Crippen LogP contribution in [0.2, 0.25) is 5.02 Å². The van der Waals surface area contributed by atoms with E-state index in [9.17, 15) is 27.6 Å². The van der Waals surface area contributed by atoms with Gasteiger partial charge in [-0.1, -0.05) is 75.3 Å². The number of rotatable bonds is 0. The Morgan fingerprint density at radius 1 is 0.556 bits per heavy atom. The highest BCUT2D eigenvalue weighted by molar-refractivity contribution is 6.35. The highest BCUT2D eigenvalue weighted by atomic mass is 35.5. The molecular weight excluding hydrogens is 1050 g/mol. The van der Waals surface area contributed by atoms with Crippen LogP contribution in [0.15, 0.2) is 130 Å². The molecular formula is C64H54ClF3N10O3. The smallest absolute Gasteiger partial charge is 0.264 e. The molecule has 1 saturated heterocycles. The molecule has 81 heavy (non-hydrogen) atoms. The van der Waals surface area contributed by atoms with Crippen molar-refractivity contribution in [3.63, 3.8) is 0 Å². The molecule has 6 aromatic heterocycles. The van der Waals surface area contributed by atoms with Gasteiger partial charge in [0.05, 0.1) is 38.9 Å². The Morgan fingerprint density at radius 3 is 1.62 bits per heavy atom. The first-order chi connectivity index (χ1) is 38.8. The molecule has 17 heteroatoms. The van der Waals surface area contributed by atoms with Crippen molar-refractivity contribution in [3.05, 3.63) is 209 Å². The van der Waals surface area contributed by atoms with Gasteiger partial charge in [-0.05, 0) is 120 Å². The van der Waals surface area contributed by atoms with E-state index in [1.165, 1.54) is 6.07 Å². The lowest BCUT2D eigenvalue weighted by atomic mass is 9.83. The Bertz CT molecular complexity index is 4160. The molecule has 4 aliphatic heterocycles. The van der Waals surface area contributed by atoms with Crippen LogP contribution in [0.1, 0.15) is 98.2 Å². The molecule has 0 saturated carbocycles. The van der Waals surface area contributed by atoms with E-state index in [-0.39, 0.29) is 58.4 Å². The van der Waals surface area contributed by atoms with Crippen LogP contribution >= 0.6 is 11.6 Å². The minimum Gasteiger partial charge on any atom is -0.296 e. The summed E-state index contributed by atoms with van der Waals surface area (Å²) in [5.74, 6) is 16.9. The third-order valence-corrected chi connectivity index (χ3v) is 15.3. The number of nitrogens with zero attached hydrogens (tertiary/aromatic N) is 10. The number of pyridine rings is 3. The monoisotopic (exact) mass is 1100 g/mol. The molecule has 13 rings (SSSR count). The van der Waals surface area contributed by atoms with Gasteiger partial charge in [0.15, 0.2) is 0 Å². The Morgan fingerprint density at radius 2 is 1.06 bits per heavy atom. The van der Waals surface area contributed by atoms with Crippen molar-refractivity contribution in [1.82, 2.24) is 48.5 Å². The summed E-state index contributed by atoms with van der Waals surface area (Å²) in [7, 11) is 0. The molecule has 0 bridgehead atoms. The summed E-state index contributed by atoms with van der Waals surface area (Å²) in [4.78, 5) is 66.9. The maximum Gasteiger partial charge on any atom is 0.264 e. The fourth-order valence-electron chi connectivity index (χ4n) is 10.7. The zero-order chi connectivity index (χ0) is 56.6. The van der Waals surface area contributed by atoms with Crippen molar-refractivity contribution in [2.75, 3.05) is 13.1 Å². The molecule has 0 spiro atoms. The molecule has 1 fully saturated rings. The molecule has 0 aliphatic carbocycles. The SMILES string of the molecule is CC1(C)CCn2c(nc3cc(C#Cc4ccccn4)cc(Cl)c3c2=O)C1.CC1(C)CCn2c(nc3cc(C#Cc4ccccn4)cc(F)c3c2=O)C1.O=c1c2ccc(C#Cc3ccccn3)cc2nc2n1CC1CC(F)(F)CN1CC2. The standard InChI is InChI=1S/C22H18F2N4O.C21H18ClN3O.C21H18FN3O/c23-22(24)12-17-13-28-20(8-10-27(17)14-22)26-19-11-15(5-7-18(19)21(28)29)4-6-16-3-1-2-9-25-16;2*1-21(2)8-10-25-18(13-21)24-17-12-14(11-16(22)19(17)20(25)26)6-7-15-5-3-4-9-23-15/h1-3,5,7,9,11,17H,8,10,12-14H2;2*3-5,9,11-12H,8,10,13H2,1-2H3. The van der Waals surface area contributed by atoms with Gasteiger partial charge in [0.1, 0.15) is 45.8 Å². The van der Waals surface area contributed by atoms with E-state index >= 15 is 0 Å². The summed E-state index contributed by atoms with van der Waals surface area (Å²) in [5.41, 5.74) is 5.15. The fraction of sp³-hybridized carbons (Fsp3) is 0.297. The van der Waals surface area contributed by atoms with E-state index in [2.05, 4.69) is 88.1 Å². The van der Waals surface area contributed by atoms with E-state index in [0.717, 1.165) is 36.2 Å². The summed E-state index contributed by atoms with van der Waals surface area (Å²) in [5, 5.41) is 1.39. The van der Waals surface area contributed by atoms with Gasteiger partial charge in [0, 0.05) is 93.2 Å². The summed E-state index contributed by atoms with van der Waals surface area (Å²) < 4.78 is 47.1. The molecule has 406 valence electrons. The van der Waals surface area contributed by atoms with Gasteiger partial charge in [-0.2, -0.15) is 0 Å². The third kappa shape index (κ3) is 12.1. The van der Waals surface area contributed by atoms with Crippen LogP contribution in [0.5, 0.6) is 0 Å². The maximum atomic E-state index is 14.6. The lowest BCUT2D eigenvalue weighted by molar-refractivity contribution is 0.0118. The zero-order valence-electron chi connectivity index (χ0n) is 45.0. The molecule has 1 atom stereocenters. The Hall–Kier alpha value is -8.75. The second-order valence-electron chi connectivity index (χ2n) is 22.4. The van der Waals surface area contributed by atoms with Crippen molar-refractivity contribution in [2.24, 2.45) is 10.8 Å². The number of hydrogen-bond acceptors (Lipinski definition) is 10. The van der Waals surface area contributed by atoms with Crippen LogP contribution in [0, 0.1) is 52.2 Å². The summed E-state index contributed by atoms with van der Waals surface area (Å²) in [6.45, 7) is 10.5. The van der Waals surface area contributed by atoms with Crippen LogP contribution in [0.25, 0.3) is 32.7 Å². The van der Waals surface area contributed by atoms with Crippen LogP contribution in [-0.4, -0.2) is 73.6 Å². The number of fused-ring (bicyclic) bond motifs is 7. The molecule has 9 aromatic rings. The van der Waals surface area contributed by atoms with E-state index in [4.69, 9.17) is 16.6 Å². The Balaban J connectivity index is 0.000000128. The van der Waals surface area contributed by atoms with Crippen molar-refractivity contribution in [3.8, 4) is 35.5 Å². The minimum absolute atomic E-state index is 0.0387. The largest absolute Gasteiger partial charge is 0.296 e. The van der Waals surface area contributed by atoms with Crippen LogP contribution in [0.4, 0.5) is 13.2 Å². The van der Waals surface area contributed by atoms with Crippen LogP contribution in [0.3, 0.4) is 0 Å². The average Bonchev–Trinajstić information content (AvgIpc) is 3.87. The Kier molecular flexibility index (Phi) is 14.8. The lowest BCUT2D eigenvalue weighted by Gasteiger charge is -2.31. The van der Waals surface area contributed by atoms with Crippen LogP contribution < -0.4 is 16.7 Å². The number of aromatic nitrogens is 9. The van der Waals surface area contributed by atoms with Gasteiger partial charge in [-0.3, -0.25) is 33.0 Å². The maximum absolute atomic E-state index is 14.6. The summed E-state index contributed by atoms with van der Waals surface area (Å²) in [6.07, 6.45) is 8.61. The van der Waals surface area contributed by atoms with E-state index in [0.29, 0.717) is 99.1 Å². The molecule has 0 radical (unpaired) electrons. The molecule has 0 N–H and O–H groups in total. The second kappa shape index (κ2) is 22.1. The van der Waals surface area contributed by atoms with Crippen molar-refractivity contribution in [1.29, 1.82) is 0 Å². The molecule has 1 unspecified atom stereocenters. The van der Waals surface area contributed by atoms with Gasteiger partial charge >= 0.3 is 0 Å². The first kappa shape index (κ1) is 54.2. The predicted molar refractivity (Wildman–Crippen MR) is 306 cm³/mol. The quantitative estimate of drug-likeness (QED) is 0.135. The average molecular weight is 1100 g/mol. The molecule has 10 heterocycles. The highest BCUT2D eigenvalue weighted by Gasteiger charge is 2.46. The second-order valence-corrected chi connectivity index (χ2v) is 22.8. The molecule has 0 amide bonds. The van der Waals surface area contributed by atoms with Gasteiger partial charge in [0.2, 0.25) is 0 Å². The van der Waals surface area contributed by atoms with E-state index in [1.807, 2.05) is 54.6 Å². The van der Waals surface area contributed by atoms with E-state index < -0.39 is 11.7 Å². The van der Waals surface area contributed by atoms with Crippen molar-refractivity contribution in [2.45, 2.75) is 97.8 Å². The van der Waals surface area contributed by atoms with Crippen molar-refractivity contribution >= 4 is 44.3 Å². The normalized spacial score (nSPS) is 17.1. The van der Waals surface area contributed by atoms with Gasteiger partial charge in [0.25, 0.3) is 22.6 Å². The third-order valence-electron chi connectivity index (χ3n) is 15.0. The minimum atomic E-state index is -2.68. The predicted octanol–water partition coefficient (Wildman–Crippen LogP) is 9.58. The lowest BCUT2D eigenvalue weighted by Crippen LogP contribution is -2.35. The first-order valence-electron chi connectivity index (χ1n) is 26.7. The number of halogens is 4. The summed E-state index contributed by atoms with van der Waals surface area (Å²) in [6, 6.07) is 28.0. The Labute approximate surface area is 470 Å². The van der Waals surface area contributed by atoms with Crippen molar-refractivity contribution < 1.29 is 13.2 Å².